The number of para-hydroxylation sites is 2. The Hall–Kier alpha value is -1.55. The maximum absolute atomic E-state index is 5.24. The molecule has 84 valence electrons. The molecular formula is C12H15N3O. The van der Waals surface area contributed by atoms with Crippen LogP contribution in [0.5, 0.6) is 0 Å². The monoisotopic (exact) mass is 217 g/mol. The summed E-state index contributed by atoms with van der Waals surface area (Å²) in [6.45, 7) is 0. The van der Waals surface area contributed by atoms with E-state index < -0.39 is 0 Å². The van der Waals surface area contributed by atoms with Gasteiger partial charge in [-0.2, -0.15) is 0 Å². The number of imidazole rings is 1. The van der Waals surface area contributed by atoms with Crippen molar-refractivity contribution < 1.29 is 4.74 Å². The Bertz CT molecular complexity index is 455. The van der Waals surface area contributed by atoms with Crippen molar-refractivity contribution in [1.29, 1.82) is 0 Å². The second kappa shape index (κ2) is 3.79. The van der Waals surface area contributed by atoms with E-state index in [-0.39, 0.29) is 0 Å². The van der Waals surface area contributed by atoms with Gasteiger partial charge < -0.3 is 15.0 Å². The molecule has 1 aliphatic rings. The van der Waals surface area contributed by atoms with Crippen molar-refractivity contribution in [2.75, 3.05) is 12.4 Å². The third-order valence-corrected chi connectivity index (χ3v) is 3.16. The number of nitrogens with zero attached hydrogens (tertiary/aromatic N) is 1. The molecule has 0 atom stereocenters. The van der Waals surface area contributed by atoms with Crippen molar-refractivity contribution in [3.8, 4) is 0 Å². The number of H-pyrrole nitrogens is 1. The van der Waals surface area contributed by atoms with Gasteiger partial charge in [-0.05, 0) is 25.0 Å². The molecule has 0 amide bonds. The van der Waals surface area contributed by atoms with Crippen molar-refractivity contribution in [1.82, 2.24) is 9.97 Å². The molecule has 1 saturated carbocycles. The Kier molecular flexibility index (Phi) is 2.29. The van der Waals surface area contributed by atoms with Gasteiger partial charge in [0, 0.05) is 13.2 Å². The summed E-state index contributed by atoms with van der Waals surface area (Å²) in [6, 6.07) is 8.54. The predicted molar refractivity (Wildman–Crippen MR) is 63.5 cm³/mol. The van der Waals surface area contributed by atoms with Crippen LogP contribution in [-0.4, -0.2) is 29.2 Å². The van der Waals surface area contributed by atoms with Crippen molar-refractivity contribution >= 4 is 17.0 Å². The summed E-state index contributed by atoms with van der Waals surface area (Å²) in [5, 5.41) is 3.39. The van der Waals surface area contributed by atoms with Crippen LogP contribution in [-0.2, 0) is 4.74 Å². The van der Waals surface area contributed by atoms with Crippen LogP contribution in [0.4, 0.5) is 5.95 Å². The molecule has 16 heavy (non-hydrogen) atoms. The molecule has 1 heterocycles. The lowest BCUT2D eigenvalue weighted by Crippen LogP contribution is -2.40. The molecular weight excluding hydrogens is 202 g/mol. The van der Waals surface area contributed by atoms with E-state index in [2.05, 4.69) is 15.3 Å². The number of fused-ring (bicyclic) bond motifs is 1. The van der Waals surface area contributed by atoms with Crippen LogP contribution in [0.3, 0.4) is 0 Å². The molecule has 0 unspecified atom stereocenters. The van der Waals surface area contributed by atoms with Gasteiger partial charge in [0.1, 0.15) is 0 Å². The fourth-order valence-electron chi connectivity index (χ4n) is 2.09. The van der Waals surface area contributed by atoms with Crippen LogP contribution in [0.15, 0.2) is 24.3 Å². The second-order valence-electron chi connectivity index (χ2n) is 4.27. The maximum Gasteiger partial charge on any atom is 0.201 e. The van der Waals surface area contributed by atoms with Crippen LogP contribution in [0, 0.1) is 0 Å². The number of anilines is 1. The highest BCUT2D eigenvalue weighted by molar-refractivity contribution is 5.77. The van der Waals surface area contributed by atoms with Crippen LogP contribution in [0.1, 0.15) is 12.8 Å². The molecule has 2 aromatic rings. The van der Waals surface area contributed by atoms with Crippen LogP contribution in [0.2, 0.25) is 0 Å². The highest BCUT2D eigenvalue weighted by Crippen LogP contribution is 2.26. The summed E-state index contributed by atoms with van der Waals surface area (Å²) in [5.74, 6) is 0.862. The smallest absolute Gasteiger partial charge is 0.201 e. The number of hydrogen-bond acceptors (Lipinski definition) is 3. The van der Waals surface area contributed by atoms with E-state index in [0.29, 0.717) is 12.1 Å². The minimum Gasteiger partial charge on any atom is -0.381 e. The Labute approximate surface area is 94.0 Å². The second-order valence-corrected chi connectivity index (χ2v) is 4.27. The average molecular weight is 217 g/mol. The molecule has 4 heteroatoms. The van der Waals surface area contributed by atoms with E-state index >= 15 is 0 Å². The number of aromatic amines is 1. The Morgan fingerprint density at radius 1 is 1.38 bits per heavy atom. The Balaban J connectivity index is 1.71. The summed E-state index contributed by atoms with van der Waals surface area (Å²) >= 11 is 0. The van der Waals surface area contributed by atoms with Gasteiger partial charge in [0.15, 0.2) is 0 Å². The van der Waals surface area contributed by atoms with Crippen LogP contribution >= 0.6 is 0 Å². The lowest BCUT2D eigenvalue weighted by atomic mass is 9.89. The van der Waals surface area contributed by atoms with E-state index in [1.165, 1.54) is 0 Å². The minimum atomic E-state index is 0.418. The summed E-state index contributed by atoms with van der Waals surface area (Å²) in [6.07, 6.45) is 2.54. The third-order valence-electron chi connectivity index (χ3n) is 3.16. The first-order valence-corrected chi connectivity index (χ1v) is 5.59. The molecule has 1 aliphatic carbocycles. The normalized spacial score (nSPS) is 24.3. The van der Waals surface area contributed by atoms with Gasteiger partial charge in [-0.1, -0.05) is 12.1 Å². The van der Waals surface area contributed by atoms with Crippen molar-refractivity contribution in [3.63, 3.8) is 0 Å². The molecule has 0 radical (unpaired) electrons. The number of benzene rings is 1. The largest absolute Gasteiger partial charge is 0.381 e. The number of aromatic nitrogens is 2. The molecule has 1 aromatic heterocycles. The zero-order valence-electron chi connectivity index (χ0n) is 9.23. The summed E-state index contributed by atoms with van der Waals surface area (Å²) in [4.78, 5) is 7.74. The van der Waals surface area contributed by atoms with Gasteiger partial charge in [0.2, 0.25) is 5.95 Å². The topological polar surface area (TPSA) is 49.9 Å². The lowest BCUT2D eigenvalue weighted by molar-refractivity contribution is 0.0327. The maximum atomic E-state index is 5.24. The highest BCUT2D eigenvalue weighted by atomic mass is 16.5. The van der Waals surface area contributed by atoms with E-state index in [1.54, 1.807) is 7.11 Å². The standard InChI is InChI=1S/C12H15N3O/c1-16-9-6-8(7-9)13-12-14-10-4-2-3-5-11(10)15-12/h2-5,8-9H,6-7H2,1H3,(H2,13,14,15). The van der Waals surface area contributed by atoms with Gasteiger partial charge in [-0.25, -0.2) is 4.98 Å². The van der Waals surface area contributed by atoms with Crippen LogP contribution < -0.4 is 5.32 Å². The number of hydrogen-bond donors (Lipinski definition) is 2. The number of rotatable bonds is 3. The first kappa shape index (κ1) is 9.66. The van der Waals surface area contributed by atoms with E-state index in [0.717, 1.165) is 29.8 Å². The fraction of sp³-hybridized carbons (Fsp3) is 0.417. The van der Waals surface area contributed by atoms with E-state index in [9.17, 15) is 0 Å². The SMILES string of the molecule is COC1CC(Nc2nc3ccccc3[nH]2)C1. The number of nitrogens with one attached hydrogen (secondary N) is 2. The fourth-order valence-corrected chi connectivity index (χ4v) is 2.09. The molecule has 4 nitrogen and oxygen atoms in total. The van der Waals surface area contributed by atoms with Crippen molar-refractivity contribution in [2.24, 2.45) is 0 Å². The summed E-state index contributed by atoms with van der Waals surface area (Å²) < 4.78 is 5.24. The molecule has 0 spiro atoms. The Morgan fingerprint density at radius 2 is 2.19 bits per heavy atom. The van der Waals surface area contributed by atoms with Crippen molar-refractivity contribution in [3.05, 3.63) is 24.3 Å². The average Bonchev–Trinajstić information content (AvgIpc) is 2.65. The van der Waals surface area contributed by atoms with Gasteiger partial charge in [-0.15, -0.1) is 0 Å². The molecule has 3 rings (SSSR count). The van der Waals surface area contributed by atoms with E-state index in [1.807, 2.05) is 24.3 Å². The zero-order valence-corrected chi connectivity index (χ0v) is 9.23. The summed E-state index contributed by atoms with van der Waals surface area (Å²) in [7, 11) is 1.77. The number of methoxy groups -OCH3 is 1. The van der Waals surface area contributed by atoms with Gasteiger partial charge in [0.05, 0.1) is 17.1 Å². The first-order chi connectivity index (χ1) is 7.85. The van der Waals surface area contributed by atoms with Crippen LogP contribution in [0.25, 0.3) is 11.0 Å². The van der Waals surface area contributed by atoms with Crippen molar-refractivity contribution in [2.45, 2.75) is 25.0 Å². The predicted octanol–water partition coefficient (Wildman–Crippen LogP) is 2.15. The van der Waals surface area contributed by atoms with Gasteiger partial charge >= 0.3 is 0 Å². The molecule has 0 bridgehead atoms. The lowest BCUT2D eigenvalue weighted by Gasteiger charge is -2.34. The zero-order chi connectivity index (χ0) is 11.0. The van der Waals surface area contributed by atoms with Gasteiger partial charge in [0.25, 0.3) is 0 Å². The minimum absolute atomic E-state index is 0.418. The number of ether oxygens (including phenoxy) is 1. The van der Waals surface area contributed by atoms with E-state index in [4.69, 9.17) is 4.74 Å². The quantitative estimate of drug-likeness (QED) is 0.828. The van der Waals surface area contributed by atoms with Gasteiger partial charge in [-0.3, -0.25) is 0 Å². The Morgan fingerprint density at radius 3 is 2.94 bits per heavy atom. The first-order valence-electron chi connectivity index (χ1n) is 5.59. The molecule has 0 saturated heterocycles. The molecule has 1 aromatic carbocycles. The highest BCUT2D eigenvalue weighted by Gasteiger charge is 2.29. The molecule has 2 N–H and O–H groups in total. The molecule has 0 aliphatic heterocycles. The summed E-state index contributed by atoms with van der Waals surface area (Å²) in [5.41, 5.74) is 2.08. The third kappa shape index (κ3) is 1.65. The molecule has 1 fully saturated rings.